The van der Waals surface area contributed by atoms with Crippen molar-refractivity contribution in [2.45, 2.75) is 26.3 Å². The molecule has 0 spiro atoms. The third-order valence-electron chi connectivity index (χ3n) is 3.48. The van der Waals surface area contributed by atoms with Crippen LogP contribution in [0.1, 0.15) is 29.7 Å². The lowest BCUT2D eigenvalue weighted by Gasteiger charge is -2.18. The van der Waals surface area contributed by atoms with Crippen LogP contribution in [0.4, 0.5) is 4.39 Å². The fourth-order valence-corrected chi connectivity index (χ4v) is 2.39. The number of carbonyl (C=O) groups excluding carboxylic acids is 1. The zero-order valence-electron chi connectivity index (χ0n) is 13.0. The van der Waals surface area contributed by atoms with Crippen molar-refractivity contribution in [2.24, 2.45) is 0 Å². The average molecular weight is 301 g/mol. The van der Waals surface area contributed by atoms with Gasteiger partial charge in [-0.2, -0.15) is 0 Å². The van der Waals surface area contributed by atoms with Crippen molar-refractivity contribution in [3.63, 3.8) is 0 Å². The van der Waals surface area contributed by atoms with Gasteiger partial charge in [-0.15, -0.1) is 0 Å². The van der Waals surface area contributed by atoms with Gasteiger partial charge in [-0.05, 0) is 37.6 Å². The molecule has 22 heavy (non-hydrogen) atoms. The summed E-state index contributed by atoms with van der Waals surface area (Å²) in [4.78, 5) is 12.1. The summed E-state index contributed by atoms with van der Waals surface area (Å²) in [5.41, 5.74) is 2.68. The Morgan fingerprint density at radius 3 is 2.73 bits per heavy atom. The summed E-state index contributed by atoms with van der Waals surface area (Å²) in [6, 6.07) is 11.7. The topological polar surface area (TPSA) is 38.3 Å². The molecule has 1 amide bonds. The van der Waals surface area contributed by atoms with Gasteiger partial charge >= 0.3 is 0 Å². The number of aryl methyl sites for hydroxylation is 1. The number of rotatable bonds is 5. The Morgan fingerprint density at radius 1 is 1.27 bits per heavy atom. The van der Waals surface area contributed by atoms with Gasteiger partial charge in [0.2, 0.25) is 5.91 Å². The summed E-state index contributed by atoms with van der Waals surface area (Å²) in [7, 11) is 1.61. The highest BCUT2D eigenvalue weighted by Gasteiger charge is 2.14. The van der Waals surface area contributed by atoms with Crippen LogP contribution in [0.25, 0.3) is 0 Å². The van der Waals surface area contributed by atoms with Crippen molar-refractivity contribution in [1.82, 2.24) is 5.32 Å². The zero-order chi connectivity index (χ0) is 16.1. The predicted octanol–water partition coefficient (Wildman–Crippen LogP) is 3.56. The Kier molecular flexibility index (Phi) is 5.15. The molecule has 0 bridgehead atoms. The van der Waals surface area contributed by atoms with E-state index in [4.69, 9.17) is 4.74 Å². The Morgan fingerprint density at radius 2 is 2.05 bits per heavy atom. The highest BCUT2D eigenvalue weighted by Crippen LogP contribution is 2.26. The molecule has 0 aliphatic heterocycles. The van der Waals surface area contributed by atoms with Crippen LogP contribution < -0.4 is 10.1 Å². The minimum absolute atomic E-state index is 0.149. The minimum Gasteiger partial charge on any atom is -0.496 e. The Labute approximate surface area is 130 Å². The smallest absolute Gasteiger partial charge is 0.224 e. The van der Waals surface area contributed by atoms with Crippen LogP contribution >= 0.6 is 0 Å². The van der Waals surface area contributed by atoms with E-state index < -0.39 is 0 Å². The maximum Gasteiger partial charge on any atom is 0.224 e. The highest BCUT2D eigenvalue weighted by molar-refractivity contribution is 5.79. The highest BCUT2D eigenvalue weighted by atomic mass is 19.1. The standard InChI is InChI=1S/C18H20FNO2/c1-12-7-8-17(22-3)16(9-12)13(2)20-18(21)11-14-5-4-6-15(19)10-14/h4-10,13H,11H2,1-3H3,(H,20,21). The molecular formula is C18H20FNO2. The summed E-state index contributed by atoms with van der Waals surface area (Å²) in [6.07, 6.45) is 0.149. The SMILES string of the molecule is COc1ccc(C)cc1C(C)NC(=O)Cc1cccc(F)c1. The molecule has 0 aliphatic rings. The minimum atomic E-state index is -0.335. The van der Waals surface area contributed by atoms with Crippen LogP contribution in [-0.4, -0.2) is 13.0 Å². The number of hydrogen-bond acceptors (Lipinski definition) is 2. The second-order valence-corrected chi connectivity index (χ2v) is 5.34. The first-order valence-corrected chi connectivity index (χ1v) is 7.18. The molecule has 0 saturated carbocycles. The lowest BCUT2D eigenvalue weighted by molar-refractivity contribution is -0.121. The van der Waals surface area contributed by atoms with Gasteiger partial charge in [-0.3, -0.25) is 4.79 Å². The largest absolute Gasteiger partial charge is 0.496 e. The first kappa shape index (κ1) is 16.0. The lowest BCUT2D eigenvalue weighted by Crippen LogP contribution is -2.28. The molecule has 4 heteroatoms. The van der Waals surface area contributed by atoms with Crippen LogP contribution in [0.15, 0.2) is 42.5 Å². The van der Waals surface area contributed by atoms with Crippen molar-refractivity contribution >= 4 is 5.91 Å². The number of ether oxygens (including phenoxy) is 1. The summed E-state index contributed by atoms with van der Waals surface area (Å²) in [5.74, 6) is 0.254. The van der Waals surface area contributed by atoms with E-state index in [-0.39, 0.29) is 24.2 Å². The molecule has 2 aromatic rings. The quantitative estimate of drug-likeness (QED) is 0.917. The van der Waals surface area contributed by atoms with Gasteiger partial charge in [0.05, 0.1) is 19.6 Å². The van der Waals surface area contributed by atoms with E-state index in [0.717, 1.165) is 16.9 Å². The molecular weight excluding hydrogens is 281 g/mol. The molecule has 0 aromatic heterocycles. The van der Waals surface area contributed by atoms with Crippen molar-refractivity contribution in [3.05, 3.63) is 65.0 Å². The summed E-state index contributed by atoms with van der Waals surface area (Å²) >= 11 is 0. The molecule has 1 unspecified atom stereocenters. The number of methoxy groups -OCH3 is 1. The molecule has 116 valence electrons. The molecule has 0 radical (unpaired) electrons. The third-order valence-corrected chi connectivity index (χ3v) is 3.48. The van der Waals surface area contributed by atoms with E-state index in [1.807, 2.05) is 32.0 Å². The normalized spacial score (nSPS) is 11.8. The number of benzene rings is 2. The monoisotopic (exact) mass is 301 g/mol. The van der Waals surface area contributed by atoms with E-state index in [0.29, 0.717) is 5.56 Å². The molecule has 1 atom stereocenters. The van der Waals surface area contributed by atoms with Crippen molar-refractivity contribution < 1.29 is 13.9 Å². The van der Waals surface area contributed by atoms with Crippen LogP contribution in [0.2, 0.25) is 0 Å². The van der Waals surface area contributed by atoms with Gasteiger partial charge in [-0.1, -0.05) is 29.8 Å². The first-order valence-electron chi connectivity index (χ1n) is 7.18. The molecule has 2 aromatic carbocycles. The second kappa shape index (κ2) is 7.07. The fourth-order valence-electron chi connectivity index (χ4n) is 2.39. The molecule has 2 rings (SSSR count). The van der Waals surface area contributed by atoms with Crippen LogP contribution in [0.3, 0.4) is 0 Å². The van der Waals surface area contributed by atoms with E-state index in [1.165, 1.54) is 12.1 Å². The Hall–Kier alpha value is -2.36. The first-order chi connectivity index (χ1) is 10.5. The van der Waals surface area contributed by atoms with E-state index in [1.54, 1.807) is 19.2 Å². The van der Waals surface area contributed by atoms with Crippen molar-refractivity contribution in [1.29, 1.82) is 0 Å². The number of nitrogens with one attached hydrogen (secondary N) is 1. The number of hydrogen-bond donors (Lipinski definition) is 1. The Balaban J connectivity index is 2.06. The van der Waals surface area contributed by atoms with E-state index >= 15 is 0 Å². The molecule has 1 N–H and O–H groups in total. The summed E-state index contributed by atoms with van der Waals surface area (Å²) in [6.45, 7) is 3.89. The van der Waals surface area contributed by atoms with Gasteiger partial charge in [0.1, 0.15) is 11.6 Å². The van der Waals surface area contributed by atoms with E-state index in [9.17, 15) is 9.18 Å². The van der Waals surface area contributed by atoms with Gasteiger partial charge < -0.3 is 10.1 Å². The molecule has 0 aliphatic carbocycles. The number of amides is 1. The molecule has 0 saturated heterocycles. The number of halogens is 1. The average Bonchev–Trinajstić information content (AvgIpc) is 2.47. The summed E-state index contributed by atoms with van der Waals surface area (Å²) in [5, 5.41) is 2.92. The van der Waals surface area contributed by atoms with Gasteiger partial charge in [0, 0.05) is 5.56 Å². The molecule has 3 nitrogen and oxygen atoms in total. The lowest BCUT2D eigenvalue weighted by atomic mass is 10.0. The number of carbonyl (C=O) groups is 1. The van der Waals surface area contributed by atoms with Crippen LogP contribution in [0.5, 0.6) is 5.75 Å². The van der Waals surface area contributed by atoms with Crippen LogP contribution in [-0.2, 0) is 11.2 Å². The second-order valence-electron chi connectivity index (χ2n) is 5.34. The van der Waals surface area contributed by atoms with E-state index in [2.05, 4.69) is 5.32 Å². The van der Waals surface area contributed by atoms with Crippen molar-refractivity contribution in [3.8, 4) is 5.75 Å². The predicted molar refractivity (Wildman–Crippen MR) is 84.4 cm³/mol. The fraction of sp³-hybridized carbons (Fsp3) is 0.278. The molecule has 0 fully saturated rings. The van der Waals surface area contributed by atoms with Gasteiger partial charge in [-0.25, -0.2) is 4.39 Å². The van der Waals surface area contributed by atoms with Gasteiger partial charge in [0.25, 0.3) is 0 Å². The molecule has 0 heterocycles. The summed E-state index contributed by atoms with van der Waals surface area (Å²) < 4.78 is 18.5. The maximum absolute atomic E-state index is 13.1. The Bertz CT molecular complexity index is 670. The van der Waals surface area contributed by atoms with Crippen molar-refractivity contribution in [2.75, 3.05) is 7.11 Å². The third kappa shape index (κ3) is 4.07. The zero-order valence-corrected chi connectivity index (χ0v) is 13.0. The van der Waals surface area contributed by atoms with Gasteiger partial charge in [0.15, 0.2) is 0 Å². The van der Waals surface area contributed by atoms with Crippen LogP contribution in [0, 0.1) is 12.7 Å². The maximum atomic E-state index is 13.1.